The Morgan fingerprint density at radius 1 is 1.33 bits per heavy atom. The van der Waals surface area contributed by atoms with Crippen molar-refractivity contribution >= 4 is 16.8 Å². The Labute approximate surface area is 123 Å². The van der Waals surface area contributed by atoms with E-state index >= 15 is 0 Å². The lowest BCUT2D eigenvalue weighted by atomic mass is 10.1. The van der Waals surface area contributed by atoms with Crippen molar-refractivity contribution in [3.63, 3.8) is 0 Å². The fourth-order valence-corrected chi connectivity index (χ4v) is 2.53. The van der Waals surface area contributed by atoms with Gasteiger partial charge < -0.3 is 9.88 Å². The van der Waals surface area contributed by atoms with Gasteiger partial charge >= 0.3 is 0 Å². The maximum atomic E-state index is 12.3. The maximum Gasteiger partial charge on any atom is 0.251 e. The van der Waals surface area contributed by atoms with Crippen LogP contribution in [0.5, 0.6) is 0 Å². The topological polar surface area (TPSA) is 62.7 Å². The van der Waals surface area contributed by atoms with Crippen LogP contribution in [0.2, 0.25) is 0 Å². The number of amides is 1. The molecule has 108 valence electrons. The van der Waals surface area contributed by atoms with Crippen LogP contribution in [0.1, 0.15) is 27.3 Å². The number of nitrogens with one attached hydrogen (secondary N) is 2. The summed E-state index contributed by atoms with van der Waals surface area (Å²) in [5.74, 6) is -0.0687. The van der Waals surface area contributed by atoms with Crippen molar-refractivity contribution in [2.24, 2.45) is 7.05 Å². The fourth-order valence-electron chi connectivity index (χ4n) is 2.53. The second kappa shape index (κ2) is 5.09. The zero-order chi connectivity index (χ0) is 15.0. The van der Waals surface area contributed by atoms with Gasteiger partial charge in [0, 0.05) is 47.5 Å². The molecule has 1 amide bonds. The van der Waals surface area contributed by atoms with E-state index in [9.17, 15) is 4.79 Å². The number of rotatable bonds is 3. The largest absolute Gasteiger partial charge is 0.351 e. The van der Waals surface area contributed by atoms with Gasteiger partial charge in [0.1, 0.15) is 0 Å². The van der Waals surface area contributed by atoms with Crippen LogP contribution in [0, 0.1) is 13.8 Å². The van der Waals surface area contributed by atoms with Gasteiger partial charge in [-0.2, -0.15) is 5.10 Å². The van der Waals surface area contributed by atoms with Crippen LogP contribution in [0.25, 0.3) is 10.9 Å². The average molecular weight is 282 g/mol. The third kappa shape index (κ3) is 2.42. The molecule has 0 saturated heterocycles. The van der Waals surface area contributed by atoms with Gasteiger partial charge in [-0.3, -0.25) is 9.89 Å². The number of carbonyl (C=O) groups excluding carboxylic acids is 1. The second-order valence-corrected chi connectivity index (χ2v) is 5.30. The molecule has 3 aromatic rings. The van der Waals surface area contributed by atoms with E-state index in [2.05, 4.69) is 15.5 Å². The van der Waals surface area contributed by atoms with Crippen molar-refractivity contribution in [3.05, 3.63) is 53.0 Å². The molecule has 0 bridgehead atoms. The maximum absolute atomic E-state index is 12.3. The van der Waals surface area contributed by atoms with Crippen LogP contribution >= 0.6 is 0 Å². The molecule has 0 unspecified atom stereocenters. The number of nitrogens with zero attached hydrogens (tertiary/aromatic N) is 2. The van der Waals surface area contributed by atoms with Crippen molar-refractivity contribution in [3.8, 4) is 0 Å². The molecule has 2 aromatic heterocycles. The summed E-state index contributed by atoms with van der Waals surface area (Å²) in [4.78, 5) is 12.3. The molecule has 0 radical (unpaired) electrons. The Bertz CT molecular complexity index is 793. The summed E-state index contributed by atoms with van der Waals surface area (Å²) in [7, 11) is 1.99. The van der Waals surface area contributed by atoms with Crippen LogP contribution < -0.4 is 5.32 Å². The van der Waals surface area contributed by atoms with Gasteiger partial charge in [0.05, 0.1) is 5.69 Å². The number of benzene rings is 1. The average Bonchev–Trinajstić information content (AvgIpc) is 3.00. The van der Waals surface area contributed by atoms with Gasteiger partial charge in [-0.1, -0.05) is 0 Å². The lowest BCUT2D eigenvalue weighted by Gasteiger charge is -2.06. The molecule has 0 aliphatic carbocycles. The van der Waals surface area contributed by atoms with Gasteiger partial charge in [0.2, 0.25) is 0 Å². The number of aromatic nitrogens is 3. The van der Waals surface area contributed by atoms with Crippen LogP contribution in [-0.4, -0.2) is 20.7 Å². The molecule has 0 atom stereocenters. The summed E-state index contributed by atoms with van der Waals surface area (Å²) in [6, 6.07) is 7.75. The minimum Gasteiger partial charge on any atom is -0.351 e. The van der Waals surface area contributed by atoms with Crippen molar-refractivity contribution in [2.45, 2.75) is 20.4 Å². The van der Waals surface area contributed by atoms with E-state index in [1.54, 1.807) is 0 Å². The molecule has 0 fully saturated rings. The van der Waals surface area contributed by atoms with Gasteiger partial charge in [0.25, 0.3) is 5.91 Å². The van der Waals surface area contributed by atoms with E-state index in [1.807, 2.05) is 55.9 Å². The number of hydrogen-bond donors (Lipinski definition) is 2. The minimum absolute atomic E-state index is 0.0687. The molecule has 0 spiro atoms. The highest BCUT2D eigenvalue weighted by Gasteiger charge is 2.10. The molecular weight excluding hydrogens is 264 g/mol. The molecule has 21 heavy (non-hydrogen) atoms. The van der Waals surface area contributed by atoms with E-state index in [-0.39, 0.29) is 5.91 Å². The first-order valence-corrected chi connectivity index (χ1v) is 6.90. The summed E-state index contributed by atoms with van der Waals surface area (Å²) in [6.07, 6.45) is 1.99. The molecule has 0 aliphatic rings. The number of carbonyl (C=O) groups is 1. The number of H-pyrrole nitrogens is 1. The monoisotopic (exact) mass is 282 g/mol. The summed E-state index contributed by atoms with van der Waals surface area (Å²) in [6.45, 7) is 4.37. The summed E-state index contributed by atoms with van der Waals surface area (Å²) in [5, 5.41) is 11.1. The van der Waals surface area contributed by atoms with Gasteiger partial charge in [-0.05, 0) is 38.1 Å². The van der Waals surface area contributed by atoms with E-state index in [4.69, 9.17) is 0 Å². The second-order valence-electron chi connectivity index (χ2n) is 5.30. The Hall–Kier alpha value is -2.56. The first-order valence-electron chi connectivity index (χ1n) is 6.90. The number of fused-ring (bicyclic) bond motifs is 1. The Balaban J connectivity index is 1.78. The molecule has 0 saturated carbocycles. The van der Waals surface area contributed by atoms with Crippen LogP contribution in [0.15, 0.2) is 30.5 Å². The van der Waals surface area contributed by atoms with E-state index in [0.717, 1.165) is 27.9 Å². The van der Waals surface area contributed by atoms with Gasteiger partial charge in [-0.25, -0.2) is 0 Å². The van der Waals surface area contributed by atoms with E-state index in [0.29, 0.717) is 12.1 Å². The van der Waals surface area contributed by atoms with Gasteiger partial charge in [-0.15, -0.1) is 0 Å². The molecule has 5 nitrogen and oxygen atoms in total. The predicted molar refractivity (Wildman–Crippen MR) is 82.2 cm³/mol. The quantitative estimate of drug-likeness (QED) is 0.775. The van der Waals surface area contributed by atoms with Crippen molar-refractivity contribution in [2.75, 3.05) is 0 Å². The summed E-state index contributed by atoms with van der Waals surface area (Å²) in [5.41, 5.74) is 4.75. The van der Waals surface area contributed by atoms with Crippen molar-refractivity contribution in [1.29, 1.82) is 0 Å². The first-order chi connectivity index (χ1) is 10.1. The first kappa shape index (κ1) is 13.4. The minimum atomic E-state index is -0.0687. The molecular formula is C16H18N4O. The fraction of sp³-hybridized carbons (Fsp3) is 0.250. The standard InChI is InChI=1S/C16H18N4O/c1-10-14(11(2)19-18-10)9-17-16(21)13-4-5-15-12(8-13)6-7-20(15)3/h4-8H,9H2,1-3H3,(H,17,21)(H,18,19). The lowest BCUT2D eigenvalue weighted by Crippen LogP contribution is -2.23. The van der Waals surface area contributed by atoms with Crippen LogP contribution in [0.3, 0.4) is 0 Å². The zero-order valence-electron chi connectivity index (χ0n) is 12.4. The Morgan fingerprint density at radius 3 is 2.86 bits per heavy atom. The van der Waals surface area contributed by atoms with Crippen molar-refractivity contribution in [1.82, 2.24) is 20.1 Å². The Kier molecular flexibility index (Phi) is 3.25. The van der Waals surface area contributed by atoms with E-state index < -0.39 is 0 Å². The molecule has 3 rings (SSSR count). The summed E-state index contributed by atoms with van der Waals surface area (Å²) < 4.78 is 2.04. The third-order valence-electron chi connectivity index (χ3n) is 3.85. The normalized spacial score (nSPS) is 11.0. The summed E-state index contributed by atoms with van der Waals surface area (Å²) >= 11 is 0. The van der Waals surface area contributed by atoms with Gasteiger partial charge in [0.15, 0.2) is 0 Å². The smallest absolute Gasteiger partial charge is 0.251 e. The predicted octanol–water partition coefficient (Wildman–Crippen LogP) is 2.45. The number of aryl methyl sites for hydroxylation is 3. The molecule has 2 heterocycles. The van der Waals surface area contributed by atoms with Crippen LogP contribution in [-0.2, 0) is 13.6 Å². The number of aromatic amines is 1. The molecule has 0 aliphatic heterocycles. The SMILES string of the molecule is Cc1n[nH]c(C)c1CNC(=O)c1ccc2c(ccn2C)c1. The number of hydrogen-bond acceptors (Lipinski definition) is 2. The molecule has 1 aromatic carbocycles. The van der Waals surface area contributed by atoms with Crippen LogP contribution in [0.4, 0.5) is 0 Å². The molecule has 2 N–H and O–H groups in total. The van der Waals surface area contributed by atoms with E-state index in [1.165, 1.54) is 0 Å². The highest BCUT2D eigenvalue weighted by molar-refractivity contribution is 5.98. The molecule has 5 heteroatoms. The highest BCUT2D eigenvalue weighted by Crippen LogP contribution is 2.17. The Morgan fingerprint density at radius 2 is 2.14 bits per heavy atom. The highest BCUT2D eigenvalue weighted by atomic mass is 16.1. The third-order valence-corrected chi connectivity index (χ3v) is 3.85. The lowest BCUT2D eigenvalue weighted by molar-refractivity contribution is 0.0951. The zero-order valence-corrected chi connectivity index (χ0v) is 12.4. The van der Waals surface area contributed by atoms with Crippen molar-refractivity contribution < 1.29 is 4.79 Å².